The van der Waals surface area contributed by atoms with Crippen molar-refractivity contribution >= 4 is 33.2 Å². The minimum Gasteiger partial charge on any atom is -0.228 e. The molecule has 0 radical (unpaired) electrons. The molecule has 3 nitrogen and oxygen atoms in total. The van der Waals surface area contributed by atoms with Gasteiger partial charge in [-0.2, -0.15) is 0 Å². The maximum atomic E-state index is 11.8. The van der Waals surface area contributed by atoms with Crippen molar-refractivity contribution in [3.63, 3.8) is 0 Å². The van der Waals surface area contributed by atoms with Gasteiger partial charge in [-0.15, -0.1) is 23.2 Å². The molecule has 2 N–H and O–H groups in total. The molecule has 1 rings (SSSR count). The molecule has 1 atom stereocenters. The minimum atomic E-state index is -3.67. The average molecular weight is 298 g/mol. The van der Waals surface area contributed by atoms with Crippen LogP contribution in [0.1, 0.15) is 26.2 Å². The van der Waals surface area contributed by atoms with E-state index >= 15 is 0 Å². The second-order valence-corrected chi connectivity index (χ2v) is 6.94. The van der Waals surface area contributed by atoms with Crippen LogP contribution in [0.4, 0.5) is 0 Å². The van der Waals surface area contributed by atoms with E-state index in [1.54, 1.807) is 6.08 Å². The number of halogens is 2. The van der Waals surface area contributed by atoms with Crippen molar-refractivity contribution in [2.75, 3.05) is 11.8 Å². The third kappa shape index (κ3) is 3.25. The van der Waals surface area contributed by atoms with Gasteiger partial charge in [0.25, 0.3) is 0 Å². The summed E-state index contributed by atoms with van der Waals surface area (Å²) in [7, 11) is -3.67. The van der Waals surface area contributed by atoms with Crippen LogP contribution in [0, 0.1) is 0 Å². The number of sulfonamides is 1. The second kappa shape index (κ2) is 5.74. The summed E-state index contributed by atoms with van der Waals surface area (Å²) in [6.07, 6.45) is 4.87. The summed E-state index contributed by atoms with van der Waals surface area (Å²) in [6, 6.07) is 0. The number of hydrogen-bond donors (Lipinski definition) is 1. The first-order valence-corrected chi connectivity index (χ1v) is 8.00. The molecule has 0 aromatic carbocycles. The second-order valence-electron chi connectivity index (χ2n) is 4.28. The van der Waals surface area contributed by atoms with Crippen LogP contribution in [0.25, 0.3) is 0 Å². The molecule has 1 unspecified atom stereocenters. The molecule has 1 aliphatic rings. The number of allylic oxidation sites excluding steroid dienone is 3. The molecule has 0 aromatic heterocycles. The zero-order valence-electron chi connectivity index (χ0n) is 9.75. The smallest absolute Gasteiger partial charge is 0.218 e. The Balaban J connectivity index is 3.12. The van der Waals surface area contributed by atoms with Gasteiger partial charge in [-0.05, 0) is 26.2 Å². The lowest BCUT2D eigenvalue weighted by Gasteiger charge is -2.32. The quantitative estimate of drug-likeness (QED) is 0.793. The lowest BCUT2D eigenvalue weighted by atomic mass is 9.86. The Kier molecular flexibility index (Phi) is 5.07. The van der Waals surface area contributed by atoms with Gasteiger partial charge in [-0.1, -0.05) is 23.3 Å². The van der Waals surface area contributed by atoms with Crippen molar-refractivity contribution in [3.05, 3.63) is 23.3 Å². The zero-order chi connectivity index (χ0) is 13.1. The predicted octanol–water partition coefficient (Wildman–Crippen LogP) is 2.55. The Morgan fingerprint density at radius 3 is 2.53 bits per heavy atom. The number of alkyl halides is 2. The van der Waals surface area contributed by atoms with Gasteiger partial charge in [0.15, 0.2) is 0 Å². The minimum absolute atomic E-state index is 0.258. The molecule has 0 saturated carbocycles. The van der Waals surface area contributed by atoms with Crippen molar-refractivity contribution in [2.45, 2.75) is 30.9 Å². The lowest BCUT2D eigenvalue weighted by molar-refractivity contribution is 0.535. The largest absolute Gasteiger partial charge is 0.228 e. The van der Waals surface area contributed by atoms with Crippen LogP contribution in [-0.2, 0) is 10.0 Å². The Labute approximate surface area is 113 Å². The highest BCUT2D eigenvalue weighted by molar-refractivity contribution is 7.90. The molecule has 17 heavy (non-hydrogen) atoms. The van der Waals surface area contributed by atoms with Gasteiger partial charge in [0.1, 0.15) is 4.75 Å². The number of rotatable bonds is 5. The Morgan fingerprint density at radius 1 is 1.41 bits per heavy atom. The molecule has 0 aromatic rings. The lowest BCUT2D eigenvalue weighted by Crippen LogP contribution is -2.43. The standard InChI is InChI=1S/C11H17Cl2NO2S/c1-9-2-4-11(5-7-13,17(14,15)16)8-10(9)3-6-12/h2,4H,3,5-8H2,1H3,(H2,14,15,16). The average Bonchev–Trinajstić information content (AvgIpc) is 2.22. The molecule has 0 fully saturated rings. The van der Waals surface area contributed by atoms with Gasteiger partial charge in [0.05, 0.1) is 0 Å². The number of nitrogens with two attached hydrogens (primary N) is 1. The fourth-order valence-corrected chi connectivity index (χ4v) is 3.72. The van der Waals surface area contributed by atoms with E-state index in [-0.39, 0.29) is 5.88 Å². The van der Waals surface area contributed by atoms with Gasteiger partial charge in [0, 0.05) is 11.8 Å². The van der Waals surface area contributed by atoms with E-state index in [1.807, 2.05) is 13.0 Å². The van der Waals surface area contributed by atoms with Crippen LogP contribution in [-0.4, -0.2) is 24.9 Å². The van der Waals surface area contributed by atoms with Gasteiger partial charge in [0.2, 0.25) is 10.0 Å². The summed E-state index contributed by atoms with van der Waals surface area (Å²) < 4.78 is 22.5. The van der Waals surface area contributed by atoms with Gasteiger partial charge < -0.3 is 0 Å². The maximum absolute atomic E-state index is 11.8. The van der Waals surface area contributed by atoms with E-state index < -0.39 is 14.8 Å². The first-order valence-electron chi connectivity index (χ1n) is 5.38. The molecule has 0 amide bonds. The van der Waals surface area contributed by atoms with Crippen molar-refractivity contribution in [1.29, 1.82) is 0 Å². The first-order chi connectivity index (χ1) is 7.86. The van der Waals surface area contributed by atoms with Gasteiger partial charge >= 0.3 is 0 Å². The van der Waals surface area contributed by atoms with Crippen LogP contribution in [0.5, 0.6) is 0 Å². The van der Waals surface area contributed by atoms with Crippen molar-refractivity contribution in [3.8, 4) is 0 Å². The first kappa shape index (κ1) is 15.0. The predicted molar refractivity (Wildman–Crippen MR) is 73.0 cm³/mol. The van der Waals surface area contributed by atoms with Crippen molar-refractivity contribution in [1.82, 2.24) is 0 Å². The summed E-state index contributed by atoms with van der Waals surface area (Å²) in [5, 5.41) is 5.34. The van der Waals surface area contributed by atoms with E-state index in [0.29, 0.717) is 25.1 Å². The molecule has 0 saturated heterocycles. The summed E-state index contributed by atoms with van der Waals surface area (Å²) in [5.41, 5.74) is 2.11. The molecule has 1 aliphatic carbocycles. The highest BCUT2D eigenvalue weighted by Crippen LogP contribution is 2.36. The third-order valence-electron chi connectivity index (χ3n) is 3.19. The third-order valence-corrected chi connectivity index (χ3v) is 5.18. The molecule has 98 valence electrons. The summed E-state index contributed by atoms with van der Waals surface area (Å²) in [6.45, 7) is 1.95. The molecule has 0 aliphatic heterocycles. The van der Waals surface area contributed by atoms with Gasteiger partial charge in [-0.25, -0.2) is 13.6 Å². The summed E-state index contributed by atoms with van der Waals surface area (Å²) in [4.78, 5) is 0. The fourth-order valence-electron chi connectivity index (χ4n) is 2.02. The number of hydrogen-bond acceptors (Lipinski definition) is 2. The summed E-state index contributed by atoms with van der Waals surface area (Å²) in [5.74, 6) is 0.732. The summed E-state index contributed by atoms with van der Waals surface area (Å²) >= 11 is 11.4. The van der Waals surface area contributed by atoms with E-state index in [4.69, 9.17) is 28.3 Å². The van der Waals surface area contributed by atoms with Gasteiger partial charge in [-0.3, -0.25) is 0 Å². The number of primary sulfonamides is 1. The van der Waals surface area contributed by atoms with Crippen LogP contribution in [0.15, 0.2) is 23.3 Å². The SMILES string of the molecule is CC1=C(CCCl)CC(CCCl)(S(N)(=O)=O)C=C1. The van der Waals surface area contributed by atoms with E-state index in [2.05, 4.69) is 0 Å². The Hall–Kier alpha value is -0.0300. The van der Waals surface area contributed by atoms with Crippen LogP contribution < -0.4 is 5.14 Å². The normalized spacial score (nSPS) is 25.4. The molecule has 0 bridgehead atoms. The highest BCUT2D eigenvalue weighted by Gasteiger charge is 2.40. The molecule has 6 heteroatoms. The molecular formula is C11H17Cl2NO2S. The maximum Gasteiger partial charge on any atom is 0.218 e. The monoisotopic (exact) mass is 297 g/mol. The van der Waals surface area contributed by atoms with Crippen molar-refractivity contribution < 1.29 is 8.42 Å². The Bertz CT molecular complexity index is 442. The van der Waals surface area contributed by atoms with Crippen LogP contribution in [0.2, 0.25) is 0 Å². The fraction of sp³-hybridized carbons (Fsp3) is 0.636. The van der Waals surface area contributed by atoms with E-state index in [9.17, 15) is 8.42 Å². The van der Waals surface area contributed by atoms with E-state index in [1.165, 1.54) is 0 Å². The van der Waals surface area contributed by atoms with E-state index in [0.717, 1.165) is 11.1 Å². The zero-order valence-corrected chi connectivity index (χ0v) is 12.1. The topological polar surface area (TPSA) is 60.2 Å². The van der Waals surface area contributed by atoms with Crippen LogP contribution >= 0.6 is 23.2 Å². The Morgan fingerprint density at radius 2 is 2.06 bits per heavy atom. The molecule has 0 heterocycles. The molecule has 0 spiro atoms. The van der Waals surface area contributed by atoms with Crippen molar-refractivity contribution in [2.24, 2.45) is 5.14 Å². The molecular weight excluding hydrogens is 281 g/mol. The van der Waals surface area contributed by atoms with Crippen LogP contribution in [0.3, 0.4) is 0 Å². The highest BCUT2D eigenvalue weighted by atomic mass is 35.5.